The van der Waals surface area contributed by atoms with Crippen molar-refractivity contribution in [3.05, 3.63) is 83.2 Å². The van der Waals surface area contributed by atoms with Crippen LogP contribution in [0.25, 0.3) is 0 Å². The van der Waals surface area contributed by atoms with Crippen molar-refractivity contribution < 1.29 is 14.0 Å². The number of rotatable bonds is 7. The lowest BCUT2D eigenvalue weighted by Gasteiger charge is -2.15. The zero-order valence-electron chi connectivity index (χ0n) is 16.9. The van der Waals surface area contributed by atoms with E-state index in [1.807, 2.05) is 0 Å². The maximum Gasteiger partial charge on any atom is 0.251 e. The van der Waals surface area contributed by atoms with E-state index in [1.165, 1.54) is 18.5 Å². The lowest BCUT2D eigenvalue weighted by atomic mass is 10.0. The van der Waals surface area contributed by atoms with Crippen molar-refractivity contribution in [1.29, 1.82) is 5.26 Å². The van der Waals surface area contributed by atoms with Crippen LogP contribution in [0.3, 0.4) is 0 Å². The Hall–Kier alpha value is -4.32. The number of anilines is 2. The van der Waals surface area contributed by atoms with Crippen molar-refractivity contribution >= 4 is 23.2 Å². The predicted octanol–water partition coefficient (Wildman–Crippen LogP) is 2.68. The van der Waals surface area contributed by atoms with Crippen molar-refractivity contribution in [2.45, 2.75) is 24.8 Å². The number of nitrogens with one attached hydrogen (secondary N) is 2. The molecule has 1 heterocycles. The third-order valence-electron chi connectivity index (χ3n) is 5.37. The van der Waals surface area contributed by atoms with Gasteiger partial charge in [-0.15, -0.1) is 0 Å². The highest BCUT2D eigenvalue weighted by molar-refractivity contribution is 5.92. The summed E-state index contributed by atoms with van der Waals surface area (Å²) in [6.45, 7) is 0.000842. The molecule has 1 aromatic heterocycles. The summed E-state index contributed by atoms with van der Waals surface area (Å²) >= 11 is 0. The average molecular weight is 430 g/mol. The van der Waals surface area contributed by atoms with E-state index in [0.29, 0.717) is 41.2 Å². The van der Waals surface area contributed by atoms with Crippen LogP contribution < -0.4 is 16.4 Å². The molecule has 0 atom stereocenters. The van der Waals surface area contributed by atoms with Crippen LogP contribution in [-0.4, -0.2) is 21.8 Å². The fraction of sp³-hybridized carbons (Fsp3) is 0.174. The van der Waals surface area contributed by atoms with E-state index in [2.05, 4.69) is 26.7 Å². The molecule has 0 bridgehead atoms. The molecule has 1 aliphatic carbocycles. The van der Waals surface area contributed by atoms with Gasteiger partial charge < -0.3 is 16.4 Å². The molecule has 4 rings (SSSR count). The van der Waals surface area contributed by atoms with E-state index in [0.717, 1.165) is 0 Å². The minimum Gasteiger partial charge on any atom is -0.366 e. The van der Waals surface area contributed by atoms with Gasteiger partial charge in [0.05, 0.1) is 16.8 Å². The van der Waals surface area contributed by atoms with Crippen molar-refractivity contribution in [1.82, 2.24) is 15.3 Å². The first-order chi connectivity index (χ1) is 15.4. The topological polar surface area (TPSA) is 134 Å². The second kappa shape index (κ2) is 8.43. The predicted molar refractivity (Wildman–Crippen MR) is 114 cm³/mol. The van der Waals surface area contributed by atoms with Crippen LogP contribution in [0.4, 0.5) is 15.8 Å². The van der Waals surface area contributed by atoms with Crippen LogP contribution in [0.2, 0.25) is 0 Å². The summed E-state index contributed by atoms with van der Waals surface area (Å²) in [5.74, 6) is -1.11. The first-order valence-corrected chi connectivity index (χ1v) is 9.88. The highest BCUT2D eigenvalue weighted by Gasteiger charge is 2.53. The normalized spacial score (nSPS) is 13.6. The fourth-order valence-electron chi connectivity index (χ4n) is 3.34. The Morgan fingerprint density at radius 2 is 1.88 bits per heavy atom. The molecule has 1 saturated carbocycles. The van der Waals surface area contributed by atoms with Crippen LogP contribution in [0.15, 0.2) is 54.9 Å². The van der Waals surface area contributed by atoms with Gasteiger partial charge >= 0.3 is 0 Å². The van der Waals surface area contributed by atoms with Crippen molar-refractivity contribution in [3.63, 3.8) is 0 Å². The minimum absolute atomic E-state index is 0.000842. The quantitative estimate of drug-likeness (QED) is 0.528. The Morgan fingerprint density at radius 3 is 2.50 bits per heavy atom. The fourth-order valence-corrected chi connectivity index (χ4v) is 3.34. The second-order valence-corrected chi connectivity index (χ2v) is 7.51. The highest BCUT2D eigenvalue weighted by Crippen LogP contribution is 2.46. The number of nitriles is 1. The zero-order chi connectivity index (χ0) is 22.7. The Bertz CT molecular complexity index is 1230. The van der Waals surface area contributed by atoms with E-state index in [1.54, 1.807) is 36.4 Å². The lowest BCUT2D eigenvalue weighted by molar-refractivity contribution is -0.123. The van der Waals surface area contributed by atoms with Gasteiger partial charge in [-0.2, -0.15) is 5.26 Å². The highest BCUT2D eigenvalue weighted by atomic mass is 19.1. The molecule has 2 amide bonds. The molecule has 0 aliphatic heterocycles. The third-order valence-corrected chi connectivity index (χ3v) is 5.37. The van der Waals surface area contributed by atoms with E-state index in [4.69, 9.17) is 5.73 Å². The summed E-state index contributed by atoms with van der Waals surface area (Å²) in [5, 5.41) is 15.0. The average Bonchev–Trinajstić information content (AvgIpc) is 3.61. The number of amides is 2. The Kier molecular flexibility index (Phi) is 5.52. The number of hydrogen-bond donors (Lipinski definition) is 3. The molecule has 1 aliphatic rings. The number of para-hydroxylation sites is 1. The monoisotopic (exact) mass is 430 g/mol. The molecule has 0 unspecified atom stereocenters. The number of nitrogens with zero attached hydrogens (tertiary/aromatic N) is 3. The lowest BCUT2D eigenvalue weighted by Crippen LogP contribution is -2.35. The largest absolute Gasteiger partial charge is 0.366 e. The van der Waals surface area contributed by atoms with Gasteiger partial charge in [0.25, 0.3) is 5.91 Å². The molecule has 0 radical (unpaired) electrons. The van der Waals surface area contributed by atoms with E-state index in [-0.39, 0.29) is 18.0 Å². The van der Waals surface area contributed by atoms with Crippen LogP contribution in [0, 0.1) is 17.1 Å². The molecule has 160 valence electrons. The van der Waals surface area contributed by atoms with E-state index >= 15 is 0 Å². The number of benzene rings is 2. The number of carbonyl (C=O) groups excluding carboxylic acids is 2. The standard InChI is InChI=1S/C23H19FN6O2/c24-18-9-17(30-19-4-2-1-3-14(19)10-25)6-5-15(18)11-29-22(32)23(7-8-23)21-27-12-16(13-28-21)20(26)31/h1-6,9,12-13,30H,7-8,11H2,(H2,26,31)(H,29,32). The molecular formula is C23H19FN6O2. The first-order valence-electron chi connectivity index (χ1n) is 9.88. The van der Waals surface area contributed by atoms with Gasteiger partial charge in [0, 0.05) is 30.2 Å². The number of primary amides is 1. The van der Waals surface area contributed by atoms with Gasteiger partial charge in [-0.1, -0.05) is 18.2 Å². The molecule has 3 aromatic rings. The van der Waals surface area contributed by atoms with Crippen LogP contribution in [0.5, 0.6) is 0 Å². The zero-order valence-corrected chi connectivity index (χ0v) is 16.9. The Labute approximate surface area is 183 Å². The summed E-state index contributed by atoms with van der Waals surface area (Å²) in [6.07, 6.45) is 3.73. The van der Waals surface area contributed by atoms with Crippen LogP contribution in [0.1, 0.15) is 40.2 Å². The summed E-state index contributed by atoms with van der Waals surface area (Å²) in [5.41, 5.74) is 6.32. The Balaban J connectivity index is 1.42. The van der Waals surface area contributed by atoms with Crippen molar-refractivity contribution in [2.75, 3.05) is 5.32 Å². The van der Waals surface area contributed by atoms with Gasteiger partial charge in [-0.05, 0) is 37.1 Å². The molecule has 0 saturated heterocycles. The first kappa shape index (κ1) is 20.9. The van der Waals surface area contributed by atoms with Crippen molar-refractivity contribution in [2.24, 2.45) is 5.73 Å². The maximum absolute atomic E-state index is 14.6. The van der Waals surface area contributed by atoms with E-state index in [9.17, 15) is 19.2 Å². The number of aromatic nitrogens is 2. The SMILES string of the molecule is N#Cc1ccccc1Nc1ccc(CNC(=O)C2(c3ncc(C(N)=O)cn3)CC2)c(F)c1. The molecule has 32 heavy (non-hydrogen) atoms. The summed E-state index contributed by atoms with van der Waals surface area (Å²) < 4.78 is 14.6. The van der Waals surface area contributed by atoms with Gasteiger partial charge in [-0.25, -0.2) is 14.4 Å². The number of halogens is 1. The molecular weight excluding hydrogens is 411 g/mol. The number of nitrogens with two attached hydrogens (primary N) is 1. The molecule has 4 N–H and O–H groups in total. The van der Waals surface area contributed by atoms with Gasteiger partial charge in [-0.3, -0.25) is 9.59 Å². The molecule has 9 heteroatoms. The summed E-state index contributed by atoms with van der Waals surface area (Å²) in [6, 6.07) is 13.6. The van der Waals surface area contributed by atoms with Crippen LogP contribution in [-0.2, 0) is 16.8 Å². The van der Waals surface area contributed by atoms with E-state index < -0.39 is 17.1 Å². The second-order valence-electron chi connectivity index (χ2n) is 7.51. The van der Waals surface area contributed by atoms with Gasteiger partial charge in [0.15, 0.2) is 0 Å². The third kappa shape index (κ3) is 4.11. The minimum atomic E-state index is -0.866. The van der Waals surface area contributed by atoms with Crippen LogP contribution >= 0.6 is 0 Å². The summed E-state index contributed by atoms with van der Waals surface area (Å²) in [7, 11) is 0. The Morgan fingerprint density at radius 1 is 1.16 bits per heavy atom. The molecule has 1 fully saturated rings. The van der Waals surface area contributed by atoms with Gasteiger partial charge in [0.2, 0.25) is 5.91 Å². The number of hydrogen-bond acceptors (Lipinski definition) is 6. The molecule has 0 spiro atoms. The molecule has 8 nitrogen and oxygen atoms in total. The molecule has 2 aromatic carbocycles. The number of carbonyl (C=O) groups is 2. The maximum atomic E-state index is 14.6. The van der Waals surface area contributed by atoms with Crippen molar-refractivity contribution in [3.8, 4) is 6.07 Å². The van der Waals surface area contributed by atoms with Gasteiger partial charge in [0.1, 0.15) is 23.1 Å². The smallest absolute Gasteiger partial charge is 0.251 e. The summed E-state index contributed by atoms with van der Waals surface area (Å²) in [4.78, 5) is 32.2.